The number of anilines is 1. The summed E-state index contributed by atoms with van der Waals surface area (Å²) >= 11 is 3.42. The minimum Gasteiger partial charge on any atom is -0.398 e. The molecule has 0 spiro atoms. The van der Waals surface area contributed by atoms with Crippen LogP contribution >= 0.6 is 15.9 Å². The van der Waals surface area contributed by atoms with Crippen LogP contribution in [0.15, 0.2) is 22.7 Å². The molecular weight excluding hydrogens is 276 g/mol. The minimum absolute atomic E-state index is 0.510. The van der Waals surface area contributed by atoms with Gasteiger partial charge in [-0.2, -0.15) is 0 Å². The van der Waals surface area contributed by atoms with E-state index in [9.17, 15) is 0 Å². The van der Waals surface area contributed by atoms with Crippen LogP contribution in [0.2, 0.25) is 0 Å². The van der Waals surface area contributed by atoms with Crippen molar-refractivity contribution >= 4 is 21.6 Å². The van der Waals surface area contributed by atoms with Gasteiger partial charge in [-0.3, -0.25) is 0 Å². The lowest BCUT2D eigenvalue weighted by atomic mass is 9.92. The predicted molar refractivity (Wildman–Crippen MR) is 76.8 cm³/mol. The lowest BCUT2D eigenvalue weighted by Crippen LogP contribution is -2.26. The molecule has 3 heteroatoms. The van der Waals surface area contributed by atoms with Gasteiger partial charge in [-0.15, -0.1) is 0 Å². The highest BCUT2D eigenvalue weighted by Crippen LogP contribution is 2.37. The lowest BCUT2D eigenvalue weighted by Gasteiger charge is -2.18. The van der Waals surface area contributed by atoms with Gasteiger partial charge in [0.2, 0.25) is 0 Å². The van der Waals surface area contributed by atoms with Crippen LogP contribution in [0, 0.1) is 5.41 Å². The third-order valence-corrected chi connectivity index (χ3v) is 4.35. The van der Waals surface area contributed by atoms with Crippen LogP contribution in [0.4, 0.5) is 5.69 Å². The monoisotopic (exact) mass is 296 g/mol. The average Bonchev–Trinajstić information content (AvgIpc) is 2.60. The van der Waals surface area contributed by atoms with Crippen LogP contribution in [0.25, 0.3) is 0 Å². The van der Waals surface area contributed by atoms with Crippen molar-refractivity contribution in [1.82, 2.24) is 5.32 Å². The summed E-state index contributed by atoms with van der Waals surface area (Å²) in [5.74, 6) is 0. The van der Waals surface area contributed by atoms with E-state index >= 15 is 0 Å². The molecule has 1 saturated carbocycles. The Morgan fingerprint density at radius 1 is 1.47 bits per heavy atom. The highest BCUT2D eigenvalue weighted by atomic mass is 79.9. The first kappa shape index (κ1) is 12.9. The van der Waals surface area contributed by atoms with Gasteiger partial charge in [0.1, 0.15) is 0 Å². The maximum Gasteiger partial charge on any atom is 0.0461 e. The number of hydrogen-bond donors (Lipinski definition) is 2. The fourth-order valence-electron chi connectivity index (χ4n) is 2.58. The average molecular weight is 297 g/mol. The molecule has 1 aromatic carbocycles. The number of rotatable bonds is 3. The highest BCUT2D eigenvalue weighted by molar-refractivity contribution is 9.10. The van der Waals surface area contributed by atoms with E-state index in [1.807, 2.05) is 12.1 Å². The number of benzene rings is 1. The molecule has 2 rings (SSSR count). The first-order valence-electron chi connectivity index (χ1n) is 6.24. The normalized spacial score (nSPS) is 22.9. The Morgan fingerprint density at radius 2 is 2.24 bits per heavy atom. The first-order valence-corrected chi connectivity index (χ1v) is 7.03. The summed E-state index contributed by atoms with van der Waals surface area (Å²) in [6.45, 7) is 5.62. The van der Waals surface area contributed by atoms with Crippen LogP contribution in [-0.4, -0.2) is 6.04 Å². The number of halogens is 1. The van der Waals surface area contributed by atoms with Crippen molar-refractivity contribution in [2.24, 2.45) is 5.41 Å². The molecule has 0 aromatic heterocycles. The van der Waals surface area contributed by atoms with Crippen LogP contribution < -0.4 is 11.1 Å². The van der Waals surface area contributed by atoms with E-state index in [2.05, 4.69) is 41.2 Å². The summed E-state index contributed by atoms with van der Waals surface area (Å²) in [6.07, 6.45) is 3.89. The third kappa shape index (κ3) is 3.46. The molecule has 0 heterocycles. The molecule has 3 N–H and O–H groups in total. The molecule has 0 radical (unpaired) electrons. The zero-order valence-corrected chi connectivity index (χ0v) is 12.2. The van der Waals surface area contributed by atoms with Crippen LogP contribution in [-0.2, 0) is 6.54 Å². The molecular formula is C14H21BrN2. The number of nitrogens with one attached hydrogen (secondary N) is 1. The van der Waals surface area contributed by atoms with E-state index in [0.29, 0.717) is 11.5 Å². The van der Waals surface area contributed by atoms with Gasteiger partial charge >= 0.3 is 0 Å². The second kappa shape index (κ2) is 4.99. The van der Waals surface area contributed by atoms with Gasteiger partial charge in [-0.05, 0) is 58.3 Å². The van der Waals surface area contributed by atoms with Gasteiger partial charge in [0, 0.05) is 22.7 Å². The highest BCUT2D eigenvalue weighted by Gasteiger charge is 2.30. The van der Waals surface area contributed by atoms with Crippen molar-refractivity contribution in [3.8, 4) is 0 Å². The fraction of sp³-hybridized carbons (Fsp3) is 0.571. The van der Waals surface area contributed by atoms with Gasteiger partial charge in [0.15, 0.2) is 0 Å². The largest absolute Gasteiger partial charge is 0.398 e. The molecule has 1 aliphatic rings. The Labute approximate surface area is 112 Å². The maximum atomic E-state index is 5.87. The van der Waals surface area contributed by atoms with E-state index in [1.165, 1.54) is 24.8 Å². The summed E-state index contributed by atoms with van der Waals surface area (Å²) in [7, 11) is 0. The SMILES string of the molecule is CC1(C)CCC(NCc2ccc(Br)c(N)c2)C1. The molecule has 1 unspecified atom stereocenters. The Bertz CT molecular complexity index is 401. The second-order valence-corrected chi connectivity index (χ2v) is 6.70. The molecule has 1 aromatic rings. The van der Waals surface area contributed by atoms with Crippen LogP contribution in [0.5, 0.6) is 0 Å². The van der Waals surface area contributed by atoms with Crippen molar-refractivity contribution in [2.45, 2.75) is 45.7 Å². The van der Waals surface area contributed by atoms with Crippen LogP contribution in [0.3, 0.4) is 0 Å². The summed E-state index contributed by atoms with van der Waals surface area (Å²) in [5.41, 5.74) is 8.46. The summed E-state index contributed by atoms with van der Waals surface area (Å²) < 4.78 is 0.975. The summed E-state index contributed by atoms with van der Waals surface area (Å²) in [6, 6.07) is 6.84. The van der Waals surface area contributed by atoms with Gasteiger partial charge in [-0.1, -0.05) is 19.9 Å². The number of hydrogen-bond acceptors (Lipinski definition) is 2. The summed E-state index contributed by atoms with van der Waals surface area (Å²) in [4.78, 5) is 0. The zero-order chi connectivity index (χ0) is 12.5. The van der Waals surface area contributed by atoms with E-state index in [4.69, 9.17) is 5.73 Å². The number of nitrogen functional groups attached to an aromatic ring is 1. The van der Waals surface area contributed by atoms with Gasteiger partial charge < -0.3 is 11.1 Å². The zero-order valence-electron chi connectivity index (χ0n) is 10.6. The molecule has 1 atom stereocenters. The van der Waals surface area contributed by atoms with Crippen molar-refractivity contribution in [1.29, 1.82) is 0 Å². The maximum absolute atomic E-state index is 5.87. The molecule has 0 saturated heterocycles. The molecule has 94 valence electrons. The van der Waals surface area contributed by atoms with Crippen molar-refractivity contribution < 1.29 is 0 Å². The quantitative estimate of drug-likeness (QED) is 0.835. The lowest BCUT2D eigenvalue weighted by molar-refractivity contribution is 0.364. The molecule has 17 heavy (non-hydrogen) atoms. The van der Waals surface area contributed by atoms with E-state index in [-0.39, 0.29) is 0 Å². The Hall–Kier alpha value is -0.540. The first-order chi connectivity index (χ1) is 7.96. The smallest absolute Gasteiger partial charge is 0.0461 e. The molecule has 2 nitrogen and oxygen atoms in total. The van der Waals surface area contributed by atoms with Gasteiger partial charge in [0.25, 0.3) is 0 Å². The third-order valence-electron chi connectivity index (χ3n) is 3.62. The second-order valence-electron chi connectivity index (χ2n) is 5.84. The van der Waals surface area contributed by atoms with Crippen LogP contribution in [0.1, 0.15) is 38.7 Å². The summed E-state index contributed by atoms with van der Waals surface area (Å²) in [5, 5.41) is 3.63. The van der Waals surface area contributed by atoms with Gasteiger partial charge in [-0.25, -0.2) is 0 Å². The Balaban J connectivity index is 1.88. The van der Waals surface area contributed by atoms with E-state index in [0.717, 1.165) is 16.7 Å². The molecule has 0 bridgehead atoms. The predicted octanol–water partition coefficient (Wildman–Crippen LogP) is 3.70. The number of nitrogens with two attached hydrogens (primary N) is 1. The molecule has 1 fully saturated rings. The molecule has 0 aliphatic heterocycles. The van der Waals surface area contributed by atoms with E-state index in [1.54, 1.807) is 0 Å². The molecule has 1 aliphatic carbocycles. The standard InChI is InChI=1S/C14H21BrN2/c1-14(2)6-5-11(8-14)17-9-10-3-4-12(15)13(16)7-10/h3-4,7,11,17H,5-6,8-9,16H2,1-2H3. The topological polar surface area (TPSA) is 38.0 Å². The van der Waals surface area contributed by atoms with E-state index < -0.39 is 0 Å². The van der Waals surface area contributed by atoms with Crippen molar-refractivity contribution in [3.05, 3.63) is 28.2 Å². The molecule has 0 amide bonds. The van der Waals surface area contributed by atoms with Gasteiger partial charge in [0.05, 0.1) is 0 Å². The van der Waals surface area contributed by atoms with Crippen molar-refractivity contribution in [2.75, 3.05) is 5.73 Å². The fourth-order valence-corrected chi connectivity index (χ4v) is 2.82. The minimum atomic E-state index is 0.510. The Kier molecular flexibility index (Phi) is 3.79. The van der Waals surface area contributed by atoms with Crippen molar-refractivity contribution in [3.63, 3.8) is 0 Å². The Morgan fingerprint density at radius 3 is 2.82 bits per heavy atom.